The maximum atomic E-state index is 15.1. The van der Waals surface area contributed by atoms with Gasteiger partial charge in [-0.05, 0) is 55.5 Å². The first-order valence-electron chi connectivity index (χ1n) is 12.7. The lowest BCUT2D eigenvalue weighted by molar-refractivity contribution is -0.0330. The molecule has 4 atom stereocenters. The molecular formula is C27H28F4N6O2S. The molecule has 1 aromatic carbocycles. The average molecular weight is 577 g/mol. The van der Waals surface area contributed by atoms with Crippen molar-refractivity contribution in [2.24, 2.45) is 0 Å². The Labute approximate surface area is 232 Å². The summed E-state index contributed by atoms with van der Waals surface area (Å²) in [4.78, 5) is 16.4. The summed E-state index contributed by atoms with van der Waals surface area (Å²) in [7, 11) is 3.00. The van der Waals surface area contributed by atoms with E-state index in [9.17, 15) is 18.0 Å². The van der Waals surface area contributed by atoms with Crippen molar-refractivity contribution in [2.45, 2.75) is 54.1 Å². The summed E-state index contributed by atoms with van der Waals surface area (Å²) in [6.07, 6.45) is 2.60. The summed E-state index contributed by atoms with van der Waals surface area (Å²) >= 11 is -0.301. The van der Waals surface area contributed by atoms with E-state index in [1.54, 1.807) is 30.3 Å². The van der Waals surface area contributed by atoms with Crippen LogP contribution in [-0.2, 0) is 0 Å². The lowest BCUT2D eigenvalue weighted by Gasteiger charge is -2.33. The number of alkyl halides is 4. The molecule has 0 saturated carbocycles. The van der Waals surface area contributed by atoms with Crippen molar-refractivity contribution in [3.05, 3.63) is 47.8 Å². The van der Waals surface area contributed by atoms with Crippen LogP contribution in [0.1, 0.15) is 35.3 Å². The van der Waals surface area contributed by atoms with E-state index >= 15 is 4.39 Å². The summed E-state index contributed by atoms with van der Waals surface area (Å²) in [5.41, 5.74) is -3.03. The number of benzene rings is 1. The quantitative estimate of drug-likeness (QED) is 0.188. The van der Waals surface area contributed by atoms with Gasteiger partial charge in [0.05, 0.1) is 31.1 Å². The Morgan fingerprint density at radius 2 is 2.10 bits per heavy atom. The van der Waals surface area contributed by atoms with Gasteiger partial charge >= 0.3 is 5.51 Å². The second kappa shape index (κ2) is 11.5. The molecule has 0 unspecified atom stereocenters. The molecule has 3 aromatic rings. The Morgan fingerprint density at radius 1 is 1.27 bits per heavy atom. The number of imidazole rings is 1. The van der Waals surface area contributed by atoms with Crippen LogP contribution in [0.2, 0.25) is 0 Å². The Morgan fingerprint density at radius 3 is 2.85 bits per heavy atom. The zero-order valence-electron chi connectivity index (χ0n) is 21.7. The van der Waals surface area contributed by atoms with Gasteiger partial charge in [-0.15, -0.1) is 0 Å². The first kappa shape index (κ1) is 27.9. The van der Waals surface area contributed by atoms with Gasteiger partial charge in [0.1, 0.15) is 22.6 Å². The predicted octanol–water partition coefficient (Wildman–Crippen LogP) is 4.42. The molecule has 8 nitrogen and oxygen atoms in total. The van der Waals surface area contributed by atoms with Crippen LogP contribution in [0.15, 0.2) is 41.6 Å². The van der Waals surface area contributed by atoms with Crippen LogP contribution >= 0.6 is 11.8 Å². The highest BCUT2D eigenvalue weighted by molar-refractivity contribution is 8.00. The monoisotopic (exact) mass is 576 g/mol. The molecule has 2 saturated heterocycles. The van der Waals surface area contributed by atoms with Gasteiger partial charge in [-0.2, -0.15) is 13.2 Å². The van der Waals surface area contributed by atoms with Crippen molar-refractivity contribution in [2.75, 3.05) is 31.3 Å². The summed E-state index contributed by atoms with van der Waals surface area (Å²) < 4.78 is 62.2. The summed E-state index contributed by atoms with van der Waals surface area (Å²) in [5, 5.41) is 11.9. The number of carbonyl (C=O) groups is 1. The number of thioether (sulfide) groups is 1. The third-order valence-corrected chi connectivity index (χ3v) is 7.82. The number of piperidine rings is 1. The molecule has 4 heterocycles. The number of pyridine rings is 1. The van der Waals surface area contributed by atoms with E-state index in [0.29, 0.717) is 29.1 Å². The van der Waals surface area contributed by atoms with E-state index in [2.05, 4.69) is 38.1 Å². The molecule has 4 N–H and O–H groups in total. The minimum Gasteiger partial charge on any atom is -0.495 e. The third-order valence-electron chi connectivity index (χ3n) is 7.01. The van der Waals surface area contributed by atoms with Gasteiger partial charge in [0, 0.05) is 42.7 Å². The molecule has 5 rings (SSSR count). The van der Waals surface area contributed by atoms with Crippen molar-refractivity contribution >= 4 is 34.7 Å². The molecule has 212 valence electrons. The van der Waals surface area contributed by atoms with Crippen LogP contribution < -0.4 is 26.0 Å². The highest BCUT2D eigenvalue weighted by Gasteiger charge is 2.42. The molecule has 2 bridgehead atoms. The molecule has 2 aliphatic rings. The normalized spacial score (nSPS) is 21.9. The van der Waals surface area contributed by atoms with E-state index in [0.717, 1.165) is 12.8 Å². The van der Waals surface area contributed by atoms with E-state index in [4.69, 9.17) is 4.74 Å². The smallest absolute Gasteiger partial charge is 0.447 e. The number of methoxy groups -OCH3 is 1. The van der Waals surface area contributed by atoms with Crippen molar-refractivity contribution in [1.82, 2.24) is 20.0 Å². The fourth-order valence-corrected chi connectivity index (χ4v) is 5.85. The second-order valence-corrected chi connectivity index (χ2v) is 10.6. The zero-order chi connectivity index (χ0) is 28.4. The van der Waals surface area contributed by atoms with E-state index in [1.165, 1.54) is 24.8 Å². The molecule has 1 amide bonds. The SMILES string of the molecule is CNC(=O)c1ccc(OC)c(NCC#Cc2nc3c(N[C@H]4C[C@@H]5CC[C@@H](N5)[C@H]4F)cccn3c2SC(F)(F)F)c1. The lowest BCUT2D eigenvalue weighted by atomic mass is 9.97. The minimum absolute atomic E-state index is 0.0457. The van der Waals surface area contributed by atoms with Crippen LogP contribution in [0, 0.1) is 11.8 Å². The molecule has 2 aromatic heterocycles. The number of ether oxygens (including phenoxy) is 1. The lowest BCUT2D eigenvalue weighted by Crippen LogP contribution is -2.52. The fraction of sp³-hybridized carbons (Fsp3) is 0.407. The molecule has 0 spiro atoms. The number of hydrogen-bond acceptors (Lipinski definition) is 7. The number of nitrogens with zero attached hydrogens (tertiary/aromatic N) is 2. The van der Waals surface area contributed by atoms with Crippen molar-refractivity contribution < 1.29 is 27.1 Å². The van der Waals surface area contributed by atoms with Crippen molar-refractivity contribution in [3.8, 4) is 17.6 Å². The van der Waals surface area contributed by atoms with Gasteiger partial charge in [-0.3, -0.25) is 9.20 Å². The van der Waals surface area contributed by atoms with E-state index < -0.39 is 17.7 Å². The third kappa shape index (κ3) is 5.93. The number of aromatic nitrogens is 2. The Kier molecular flexibility index (Phi) is 8.00. The highest BCUT2D eigenvalue weighted by atomic mass is 32.2. The predicted molar refractivity (Wildman–Crippen MR) is 146 cm³/mol. The fourth-order valence-electron chi connectivity index (χ4n) is 5.19. The second-order valence-electron chi connectivity index (χ2n) is 9.56. The molecule has 0 radical (unpaired) electrons. The summed E-state index contributed by atoms with van der Waals surface area (Å²) in [5.74, 6) is 5.76. The van der Waals surface area contributed by atoms with Crippen LogP contribution in [0.3, 0.4) is 0 Å². The minimum atomic E-state index is -4.57. The number of halogens is 4. The number of amides is 1. The number of hydrogen-bond donors (Lipinski definition) is 4. The number of rotatable bonds is 7. The molecular weight excluding hydrogens is 548 g/mol. The van der Waals surface area contributed by atoms with Gasteiger partial charge in [0.15, 0.2) is 5.65 Å². The number of fused-ring (bicyclic) bond motifs is 3. The average Bonchev–Trinajstić information content (AvgIpc) is 3.50. The first-order chi connectivity index (χ1) is 19.2. The number of nitrogens with one attached hydrogen (secondary N) is 4. The maximum absolute atomic E-state index is 15.1. The number of carbonyl (C=O) groups excluding carboxylic acids is 1. The largest absolute Gasteiger partial charge is 0.495 e. The highest BCUT2D eigenvalue weighted by Crippen LogP contribution is 2.40. The molecule has 2 aliphatic heterocycles. The van der Waals surface area contributed by atoms with Gasteiger partial charge < -0.3 is 26.0 Å². The summed E-state index contributed by atoms with van der Waals surface area (Å²) in [6.45, 7) is 0.0457. The number of anilines is 2. The molecule has 40 heavy (non-hydrogen) atoms. The van der Waals surface area contributed by atoms with Crippen LogP contribution in [0.25, 0.3) is 5.65 Å². The van der Waals surface area contributed by atoms with Crippen molar-refractivity contribution in [3.63, 3.8) is 0 Å². The molecule has 13 heteroatoms. The zero-order valence-corrected chi connectivity index (χ0v) is 22.5. The van der Waals surface area contributed by atoms with Gasteiger partial charge in [0.25, 0.3) is 5.91 Å². The van der Waals surface area contributed by atoms with Gasteiger partial charge in [0.2, 0.25) is 0 Å². The van der Waals surface area contributed by atoms with Crippen LogP contribution in [0.4, 0.5) is 28.9 Å². The molecule has 2 fully saturated rings. The van der Waals surface area contributed by atoms with Crippen molar-refractivity contribution in [1.29, 1.82) is 0 Å². The topological polar surface area (TPSA) is 91.7 Å². The van der Waals surface area contributed by atoms with Crippen LogP contribution in [0.5, 0.6) is 5.75 Å². The summed E-state index contributed by atoms with van der Waals surface area (Å²) in [6, 6.07) is 7.64. The maximum Gasteiger partial charge on any atom is 0.447 e. The standard InChI is InChI=1S/C27H28F4N6O2S/c1-32-25(38)15-7-10-22(39-2)20(13-15)33-11-3-5-19-26(40-27(29,30)31)37-12-4-6-18(24(37)36-19)35-21-14-16-8-9-17(34-16)23(21)28/h4,6-7,10,12-13,16-17,21,23,33-35H,8-9,11,14H2,1-2H3,(H,32,38)/t16-,17+,21-,23+/m0/s1. The van der Waals surface area contributed by atoms with Crippen LogP contribution in [-0.4, -0.2) is 65.8 Å². The van der Waals surface area contributed by atoms with E-state index in [1.807, 2.05) is 0 Å². The van der Waals surface area contributed by atoms with E-state index in [-0.39, 0.29) is 52.7 Å². The Hall–Kier alpha value is -3.63. The Balaban J connectivity index is 1.41. The van der Waals surface area contributed by atoms with Gasteiger partial charge in [-0.1, -0.05) is 5.92 Å². The first-order valence-corrected chi connectivity index (χ1v) is 13.5. The molecule has 0 aliphatic carbocycles. The Bertz CT molecular complexity index is 1470. The van der Waals surface area contributed by atoms with Gasteiger partial charge in [-0.25, -0.2) is 9.37 Å².